The Balaban J connectivity index is 2.53. The van der Waals surface area contributed by atoms with E-state index in [2.05, 4.69) is 13.0 Å². The Hall–Kier alpha value is -0.830. The summed E-state index contributed by atoms with van der Waals surface area (Å²) < 4.78 is 5.53. The second kappa shape index (κ2) is 11.8. The number of rotatable bonds is 4. The normalized spacial score (nSPS) is 27.6. The number of aliphatic hydroxyl groups excluding tert-OH is 1. The van der Waals surface area contributed by atoms with Gasteiger partial charge in [0.15, 0.2) is 0 Å². The highest BCUT2D eigenvalue weighted by Gasteiger charge is 2.22. The fourth-order valence-electron chi connectivity index (χ4n) is 2.72. The van der Waals surface area contributed by atoms with Gasteiger partial charge in [-0.2, -0.15) is 0 Å². The van der Waals surface area contributed by atoms with Crippen LogP contribution in [0.15, 0.2) is 12.2 Å². The third kappa shape index (κ3) is 8.92. The lowest BCUT2D eigenvalue weighted by Crippen LogP contribution is -2.31. The summed E-state index contributed by atoms with van der Waals surface area (Å²) in [6.45, 7) is 2.15. The number of carbonyl (C=O) groups is 1. The first-order chi connectivity index (χ1) is 10.2. The van der Waals surface area contributed by atoms with Crippen molar-refractivity contribution in [2.45, 2.75) is 96.2 Å². The average Bonchev–Trinajstić information content (AvgIpc) is 2.47. The zero-order chi connectivity index (χ0) is 15.3. The molecule has 1 N–H and O–H groups in total. The molecule has 0 spiro atoms. The molecule has 3 nitrogen and oxygen atoms in total. The average molecular weight is 296 g/mol. The summed E-state index contributed by atoms with van der Waals surface area (Å²) in [5, 5.41) is 10.3. The summed E-state index contributed by atoms with van der Waals surface area (Å²) in [5.41, 5.74) is 0. The van der Waals surface area contributed by atoms with E-state index in [0.717, 1.165) is 44.9 Å². The van der Waals surface area contributed by atoms with Crippen LogP contribution < -0.4 is 0 Å². The molecule has 0 aromatic heterocycles. The molecular weight excluding hydrogens is 264 g/mol. The third-order valence-electron chi connectivity index (χ3n) is 4.10. The summed E-state index contributed by atoms with van der Waals surface area (Å²) in [6.07, 6.45) is 15.1. The van der Waals surface area contributed by atoms with E-state index in [9.17, 15) is 9.90 Å². The van der Waals surface area contributed by atoms with E-state index in [1.807, 2.05) is 6.08 Å². The maximum atomic E-state index is 11.9. The van der Waals surface area contributed by atoms with Crippen LogP contribution in [0.25, 0.3) is 0 Å². The molecule has 1 rings (SSSR count). The van der Waals surface area contributed by atoms with Crippen molar-refractivity contribution in [3.05, 3.63) is 12.2 Å². The number of hydrogen-bond donors (Lipinski definition) is 1. The van der Waals surface area contributed by atoms with Gasteiger partial charge >= 0.3 is 5.97 Å². The molecule has 0 amide bonds. The summed E-state index contributed by atoms with van der Waals surface area (Å²) in [4.78, 5) is 11.9. The highest BCUT2D eigenvalue weighted by molar-refractivity contribution is 5.69. The Morgan fingerprint density at radius 2 is 1.90 bits per heavy atom. The molecule has 0 aromatic rings. The van der Waals surface area contributed by atoms with Crippen LogP contribution in [0.4, 0.5) is 0 Å². The minimum atomic E-state index is -0.565. The van der Waals surface area contributed by atoms with Crippen LogP contribution in [0.3, 0.4) is 0 Å². The van der Waals surface area contributed by atoms with Crippen molar-refractivity contribution in [2.75, 3.05) is 0 Å². The van der Waals surface area contributed by atoms with Gasteiger partial charge in [0.05, 0.1) is 6.10 Å². The lowest BCUT2D eigenvalue weighted by Gasteiger charge is -2.22. The summed E-state index contributed by atoms with van der Waals surface area (Å²) in [5.74, 6) is -0.142. The van der Waals surface area contributed by atoms with Crippen LogP contribution in [-0.2, 0) is 9.53 Å². The van der Waals surface area contributed by atoms with Crippen LogP contribution in [-0.4, -0.2) is 23.3 Å². The van der Waals surface area contributed by atoms with E-state index in [-0.39, 0.29) is 12.1 Å². The fourth-order valence-corrected chi connectivity index (χ4v) is 2.72. The first-order valence-electron chi connectivity index (χ1n) is 8.76. The third-order valence-corrected chi connectivity index (χ3v) is 4.10. The van der Waals surface area contributed by atoms with Gasteiger partial charge in [-0.1, -0.05) is 51.2 Å². The van der Waals surface area contributed by atoms with Crippen molar-refractivity contribution < 1.29 is 14.6 Å². The number of esters is 1. The van der Waals surface area contributed by atoms with Crippen molar-refractivity contribution in [1.82, 2.24) is 0 Å². The van der Waals surface area contributed by atoms with E-state index in [1.54, 1.807) is 0 Å². The SMILES string of the molecule is CCCCC[C@@H]1OC(=O)CCCCCCC/C=C\C[C@@H]1O. The van der Waals surface area contributed by atoms with Gasteiger partial charge in [0.1, 0.15) is 6.10 Å². The first kappa shape index (κ1) is 18.2. The van der Waals surface area contributed by atoms with Gasteiger partial charge in [-0.05, 0) is 38.5 Å². The van der Waals surface area contributed by atoms with Crippen molar-refractivity contribution in [2.24, 2.45) is 0 Å². The molecule has 0 fully saturated rings. The van der Waals surface area contributed by atoms with Crippen LogP contribution in [0.5, 0.6) is 0 Å². The molecule has 0 bridgehead atoms. The van der Waals surface area contributed by atoms with Gasteiger partial charge in [-0.3, -0.25) is 4.79 Å². The minimum Gasteiger partial charge on any atom is -0.460 e. The zero-order valence-electron chi connectivity index (χ0n) is 13.6. The van der Waals surface area contributed by atoms with Gasteiger partial charge in [0.25, 0.3) is 0 Å². The Labute approximate surface area is 129 Å². The van der Waals surface area contributed by atoms with Crippen LogP contribution in [0.1, 0.15) is 84.0 Å². The van der Waals surface area contributed by atoms with E-state index >= 15 is 0 Å². The lowest BCUT2D eigenvalue weighted by atomic mass is 10.0. The molecule has 0 radical (unpaired) electrons. The predicted octanol–water partition coefficient (Wildman–Crippen LogP) is 4.53. The number of unbranched alkanes of at least 4 members (excludes halogenated alkanes) is 2. The topological polar surface area (TPSA) is 46.5 Å². The number of carbonyl (C=O) groups excluding carboxylic acids is 1. The number of hydrogen-bond acceptors (Lipinski definition) is 3. The molecule has 122 valence electrons. The van der Waals surface area contributed by atoms with Gasteiger partial charge in [-0.25, -0.2) is 0 Å². The van der Waals surface area contributed by atoms with Gasteiger partial charge < -0.3 is 9.84 Å². The minimum absolute atomic E-state index is 0.142. The monoisotopic (exact) mass is 296 g/mol. The smallest absolute Gasteiger partial charge is 0.306 e. The molecule has 3 heteroatoms. The summed E-state index contributed by atoms with van der Waals surface area (Å²) >= 11 is 0. The second-order valence-corrected chi connectivity index (χ2v) is 6.10. The molecule has 0 aliphatic carbocycles. The number of ether oxygens (including phenoxy) is 1. The summed E-state index contributed by atoms with van der Waals surface area (Å²) in [6, 6.07) is 0. The zero-order valence-corrected chi connectivity index (χ0v) is 13.6. The van der Waals surface area contributed by atoms with Gasteiger partial charge in [-0.15, -0.1) is 0 Å². The largest absolute Gasteiger partial charge is 0.460 e. The Morgan fingerprint density at radius 3 is 2.71 bits per heavy atom. The van der Waals surface area contributed by atoms with E-state index in [4.69, 9.17) is 4.74 Å². The molecule has 2 atom stereocenters. The predicted molar refractivity (Wildman–Crippen MR) is 86.1 cm³/mol. The maximum Gasteiger partial charge on any atom is 0.306 e. The van der Waals surface area contributed by atoms with Crippen LogP contribution in [0.2, 0.25) is 0 Å². The number of aliphatic hydroxyl groups is 1. The van der Waals surface area contributed by atoms with Crippen molar-refractivity contribution >= 4 is 5.97 Å². The molecular formula is C18H32O3. The molecule has 0 saturated carbocycles. The summed E-state index contributed by atoms with van der Waals surface area (Å²) in [7, 11) is 0. The maximum absolute atomic E-state index is 11.9. The van der Waals surface area contributed by atoms with Crippen molar-refractivity contribution in [1.29, 1.82) is 0 Å². The molecule has 1 aliphatic rings. The standard InChI is InChI=1S/C18H32O3/c1-2-3-10-14-17-16(19)13-11-8-6-4-5-7-9-12-15-18(20)21-17/h8,11,16-17,19H,2-7,9-10,12-15H2,1H3/b11-8-/t16-,17-/m0/s1. The Morgan fingerprint density at radius 1 is 1.14 bits per heavy atom. The van der Waals surface area contributed by atoms with E-state index in [0.29, 0.717) is 12.8 Å². The lowest BCUT2D eigenvalue weighted by molar-refractivity contribution is -0.155. The van der Waals surface area contributed by atoms with Crippen LogP contribution in [0, 0.1) is 0 Å². The van der Waals surface area contributed by atoms with Crippen molar-refractivity contribution in [3.8, 4) is 0 Å². The highest BCUT2D eigenvalue weighted by atomic mass is 16.6. The van der Waals surface area contributed by atoms with Crippen LogP contribution >= 0.6 is 0 Å². The molecule has 0 aromatic carbocycles. The highest BCUT2D eigenvalue weighted by Crippen LogP contribution is 2.17. The number of allylic oxidation sites excluding steroid dienone is 1. The Bertz CT molecular complexity index is 299. The molecule has 1 aliphatic heterocycles. The van der Waals surface area contributed by atoms with Gasteiger partial charge in [0, 0.05) is 6.42 Å². The molecule has 0 unspecified atom stereocenters. The molecule has 0 saturated heterocycles. The van der Waals surface area contributed by atoms with Gasteiger partial charge in [0.2, 0.25) is 0 Å². The molecule has 21 heavy (non-hydrogen) atoms. The Kier molecular flexibility index (Phi) is 10.2. The number of cyclic esters (lactones) is 1. The van der Waals surface area contributed by atoms with E-state index in [1.165, 1.54) is 19.3 Å². The van der Waals surface area contributed by atoms with E-state index < -0.39 is 6.10 Å². The quantitative estimate of drug-likeness (QED) is 0.471. The first-order valence-corrected chi connectivity index (χ1v) is 8.76. The molecule has 1 heterocycles. The van der Waals surface area contributed by atoms with Crippen molar-refractivity contribution in [3.63, 3.8) is 0 Å². The fraction of sp³-hybridized carbons (Fsp3) is 0.833. The second-order valence-electron chi connectivity index (χ2n) is 6.10.